The van der Waals surface area contributed by atoms with E-state index in [0.717, 1.165) is 33.6 Å². The summed E-state index contributed by atoms with van der Waals surface area (Å²) in [5.74, 6) is 0.843. The van der Waals surface area contributed by atoms with Crippen molar-refractivity contribution in [2.24, 2.45) is 0 Å². The molecule has 2 heterocycles. The maximum atomic E-state index is 5.82. The zero-order valence-corrected chi connectivity index (χ0v) is 13.6. The van der Waals surface area contributed by atoms with Crippen LogP contribution in [0, 0.1) is 0 Å². The van der Waals surface area contributed by atoms with E-state index in [9.17, 15) is 0 Å². The molecular formula is C21H17N3O. The molecule has 0 amide bonds. The van der Waals surface area contributed by atoms with Crippen molar-refractivity contribution in [1.82, 2.24) is 9.97 Å². The van der Waals surface area contributed by atoms with E-state index in [4.69, 9.17) is 4.74 Å². The predicted molar refractivity (Wildman–Crippen MR) is 100 cm³/mol. The maximum absolute atomic E-state index is 5.82. The van der Waals surface area contributed by atoms with Gasteiger partial charge in [0.05, 0.1) is 11.2 Å². The van der Waals surface area contributed by atoms with Crippen molar-refractivity contribution in [2.75, 3.05) is 5.32 Å². The molecule has 0 radical (unpaired) electrons. The zero-order chi connectivity index (χ0) is 16.9. The SMILES string of the molecule is c1ccc(COc2ccc(Nc3ccnc4ccncc34)cc2)cc1. The van der Waals surface area contributed by atoms with Crippen LogP contribution in [0.15, 0.2) is 85.3 Å². The van der Waals surface area contributed by atoms with Gasteiger partial charge >= 0.3 is 0 Å². The second kappa shape index (κ2) is 7.01. The number of aromatic nitrogens is 2. The van der Waals surface area contributed by atoms with E-state index in [2.05, 4.69) is 27.4 Å². The molecule has 0 aliphatic heterocycles. The molecule has 4 heteroatoms. The fourth-order valence-corrected chi connectivity index (χ4v) is 2.63. The topological polar surface area (TPSA) is 47.0 Å². The number of nitrogens with zero attached hydrogens (tertiary/aromatic N) is 2. The Morgan fingerprint density at radius 1 is 0.840 bits per heavy atom. The van der Waals surface area contributed by atoms with Crippen LogP contribution in [-0.4, -0.2) is 9.97 Å². The van der Waals surface area contributed by atoms with Crippen LogP contribution in [0.5, 0.6) is 5.75 Å². The van der Waals surface area contributed by atoms with E-state index in [1.54, 1.807) is 12.4 Å². The number of benzene rings is 2. The van der Waals surface area contributed by atoms with E-state index in [0.29, 0.717) is 6.61 Å². The quantitative estimate of drug-likeness (QED) is 0.563. The highest BCUT2D eigenvalue weighted by molar-refractivity contribution is 5.91. The van der Waals surface area contributed by atoms with Crippen LogP contribution in [0.3, 0.4) is 0 Å². The minimum Gasteiger partial charge on any atom is -0.489 e. The Morgan fingerprint density at radius 2 is 1.68 bits per heavy atom. The van der Waals surface area contributed by atoms with Crippen molar-refractivity contribution in [1.29, 1.82) is 0 Å². The number of hydrogen-bond acceptors (Lipinski definition) is 4. The molecule has 2 aromatic carbocycles. The lowest BCUT2D eigenvalue weighted by Crippen LogP contribution is -1.96. The number of fused-ring (bicyclic) bond motifs is 1. The summed E-state index contributed by atoms with van der Waals surface area (Å²) in [5.41, 5.74) is 4.04. The number of ether oxygens (including phenoxy) is 1. The summed E-state index contributed by atoms with van der Waals surface area (Å²) in [6, 6.07) is 21.9. The smallest absolute Gasteiger partial charge is 0.119 e. The van der Waals surface area contributed by atoms with Gasteiger partial charge in [-0.25, -0.2) is 0 Å². The van der Waals surface area contributed by atoms with Gasteiger partial charge in [-0.05, 0) is 42.0 Å². The van der Waals surface area contributed by atoms with E-state index < -0.39 is 0 Å². The zero-order valence-electron chi connectivity index (χ0n) is 13.6. The maximum Gasteiger partial charge on any atom is 0.119 e. The molecule has 0 saturated carbocycles. The number of pyridine rings is 2. The van der Waals surface area contributed by atoms with Gasteiger partial charge in [0.25, 0.3) is 0 Å². The third-order valence-corrected chi connectivity index (χ3v) is 3.92. The molecule has 2 aromatic heterocycles. The summed E-state index contributed by atoms with van der Waals surface area (Å²) in [4.78, 5) is 8.53. The van der Waals surface area contributed by atoms with E-state index >= 15 is 0 Å². The second-order valence-electron chi connectivity index (χ2n) is 5.67. The van der Waals surface area contributed by atoms with Crippen LogP contribution in [0.4, 0.5) is 11.4 Å². The Balaban J connectivity index is 1.47. The highest BCUT2D eigenvalue weighted by atomic mass is 16.5. The Morgan fingerprint density at radius 3 is 2.52 bits per heavy atom. The van der Waals surface area contributed by atoms with Crippen molar-refractivity contribution in [2.45, 2.75) is 6.61 Å². The Labute approximate surface area is 146 Å². The van der Waals surface area contributed by atoms with E-state index in [1.807, 2.05) is 60.8 Å². The third kappa shape index (κ3) is 3.58. The van der Waals surface area contributed by atoms with Crippen LogP contribution >= 0.6 is 0 Å². The molecular weight excluding hydrogens is 310 g/mol. The van der Waals surface area contributed by atoms with Crippen molar-refractivity contribution < 1.29 is 4.74 Å². The van der Waals surface area contributed by atoms with Crippen molar-refractivity contribution in [3.8, 4) is 5.75 Å². The molecule has 4 nitrogen and oxygen atoms in total. The third-order valence-electron chi connectivity index (χ3n) is 3.92. The minimum atomic E-state index is 0.564. The fourth-order valence-electron chi connectivity index (χ4n) is 2.63. The van der Waals surface area contributed by atoms with Crippen molar-refractivity contribution in [3.63, 3.8) is 0 Å². The van der Waals surface area contributed by atoms with Gasteiger partial charge in [-0.3, -0.25) is 9.97 Å². The number of nitrogens with one attached hydrogen (secondary N) is 1. The van der Waals surface area contributed by atoms with Crippen LogP contribution < -0.4 is 10.1 Å². The van der Waals surface area contributed by atoms with Gasteiger partial charge in [0, 0.05) is 29.7 Å². The molecule has 0 unspecified atom stereocenters. The first-order valence-electron chi connectivity index (χ1n) is 8.11. The molecule has 0 atom stereocenters. The van der Waals surface area contributed by atoms with Crippen molar-refractivity contribution >= 4 is 22.3 Å². The average Bonchev–Trinajstić information content (AvgIpc) is 2.69. The second-order valence-corrected chi connectivity index (χ2v) is 5.67. The highest BCUT2D eigenvalue weighted by Crippen LogP contribution is 2.25. The average molecular weight is 327 g/mol. The summed E-state index contributed by atoms with van der Waals surface area (Å²) < 4.78 is 5.82. The van der Waals surface area contributed by atoms with Crippen LogP contribution in [0.25, 0.3) is 10.9 Å². The highest BCUT2D eigenvalue weighted by Gasteiger charge is 2.03. The Hall–Kier alpha value is -3.40. The minimum absolute atomic E-state index is 0.564. The van der Waals surface area contributed by atoms with Gasteiger partial charge in [0.15, 0.2) is 0 Å². The summed E-state index contributed by atoms with van der Waals surface area (Å²) in [6.45, 7) is 0.564. The van der Waals surface area contributed by atoms with Crippen molar-refractivity contribution in [3.05, 3.63) is 90.9 Å². The lowest BCUT2D eigenvalue weighted by atomic mass is 10.2. The Kier molecular flexibility index (Phi) is 4.25. The lowest BCUT2D eigenvalue weighted by molar-refractivity contribution is 0.306. The summed E-state index contributed by atoms with van der Waals surface area (Å²) in [6.07, 6.45) is 5.36. The molecule has 4 aromatic rings. The van der Waals surface area contributed by atoms with E-state index in [-0.39, 0.29) is 0 Å². The molecule has 122 valence electrons. The van der Waals surface area contributed by atoms with Crippen LogP contribution in [0.1, 0.15) is 5.56 Å². The van der Waals surface area contributed by atoms with Gasteiger partial charge in [-0.1, -0.05) is 30.3 Å². The monoisotopic (exact) mass is 327 g/mol. The molecule has 0 aliphatic rings. The normalized spacial score (nSPS) is 10.6. The van der Waals surface area contributed by atoms with Gasteiger partial charge in [-0.15, -0.1) is 0 Å². The lowest BCUT2D eigenvalue weighted by Gasteiger charge is -2.10. The number of anilines is 2. The van der Waals surface area contributed by atoms with Gasteiger partial charge in [0.2, 0.25) is 0 Å². The molecule has 0 saturated heterocycles. The summed E-state index contributed by atoms with van der Waals surface area (Å²) >= 11 is 0. The first-order valence-corrected chi connectivity index (χ1v) is 8.11. The van der Waals surface area contributed by atoms with Gasteiger partial charge in [0.1, 0.15) is 12.4 Å². The largest absolute Gasteiger partial charge is 0.489 e. The molecule has 0 spiro atoms. The summed E-state index contributed by atoms with van der Waals surface area (Å²) in [5, 5.41) is 4.41. The fraction of sp³-hybridized carbons (Fsp3) is 0.0476. The molecule has 1 N–H and O–H groups in total. The standard InChI is InChI=1S/C21H17N3O/c1-2-4-16(5-3-1)15-25-18-8-6-17(7-9-18)24-21-11-13-23-20-10-12-22-14-19(20)21/h1-14H,15H2,(H,23,24). The molecule has 0 bridgehead atoms. The molecule has 25 heavy (non-hydrogen) atoms. The molecule has 0 fully saturated rings. The first kappa shape index (κ1) is 15.1. The number of hydrogen-bond donors (Lipinski definition) is 1. The van der Waals surface area contributed by atoms with Crippen LogP contribution in [-0.2, 0) is 6.61 Å². The molecule has 0 aliphatic carbocycles. The number of rotatable bonds is 5. The first-order chi connectivity index (χ1) is 12.4. The Bertz CT molecular complexity index is 964. The predicted octanol–water partition coefficient (Wildman–Crippen LogP) is 4.95. The van der Waals surface area contributed by atoms with Gasteiger partial charge < -0.3 is 10.1 Å². The van der Waals surface area contributed by atoms with E-state index in [1.165, 1.54) is 0 Å². The van der Waals surface area contributed by atoms with Crippen LogP contribution in [0.2, 0.25) is 0 Å². The summed E-state index contributed by atoms with van der Waals surface area (Å²) in [7, 11) is 0. The van der Waals surface area contributed by atoms with Gasteiger partial charge in [-0.2, -0.15) is 0 Å². The molecule has 4 rings (SSSR count).